The van der Waals surface area contributed by atoms with Gasteiger partial charge in [0.05, 0.1) is 0 Å². The summed E-state index contributed by atoms with van der Waals surface area (Å²) in [7, 11) is 0. The average Bonchev–Trinajstić information content (AvgIpc) is 3.18. The van der Waals surface area contributed by atoms with Crippen molar-refractivity contribution in [1.29, 1.82) is 0 Å². The van der Waals surface area contributed by atoms with E-state index >= 15 is 0 Å². The summed E-state index contributed by atoms with van der Waals surface area (Å²) in [6.45, 7) is 2.61. The molecule has 1 amide bonds. The van der Waals surface area contributed by atoms with E-state index in [0.29, 0.717) is 16.7 Å². The second-order valence-electron chi connectivity index (χ2n) is 5.01. The third-order valence-corrected chi connectivity index (χ3v) is 3.34. The SMILES string of the molecule is C[C@@H](N)c1cc(Cl)ccc1OCC(=O)NCC1CC1. The van der Waals surface area contributed by atoms with Crippen LogP contribution in [0, 0.1) is 5.92 Å². The first-order chi connectivity index (χ1) is 9.06. The number of carbonyl (C=O) groups excluding carboxylic acids is 1. The van der Waals surface area contributed by atoms with Gasteiger partial charge in [-0.05, 0) is 43.9 Å². The monoisotopic (exact) mass is 282 g/mol. The van der Waals surface area contributed by atoms with Crippen LogP contribution in [-0.4, -0.2) is 19.1 Å². The maximum absolute atomic E-state index is 11.6. The number of benzene rings is 1. The van der Waals surface area contributed by atoms with E-state index in [4.69, 9.17) is 22.1 Å². The summed E-state index contributed by atoms with van der Waals surface area (Å²) in [6, 6.07) is 5.05. The third kappa shape index (κ3) is 4.40. The Morgan fingerprint density at radius 1 is 1.58 bits per heavy atom. The van der Waals surface area contributed by atoms with Crippen LogP contribution in [0.2, 0.25) is 5.02 Å². The molecule has 0 bridgehead atoms. The minimum absolute atomic E-state index is 0.00801. The lowest BCUT2D eigenvalue weighted by Gasteiger charge is -2.14. The fourth-order valence-electron chi connectivity index (χ4n) is 1.78. The van der Waals surface area contributed by atoms with E-state index in [1.807, 2.05) is 6.92 Å². The van der Waals surface area contributed by atoms with Crippen molar-refractivity contribution in [3.63, 3.8) is 0 Å². The van der Waals surface area contributed by atoms with Gasteiger partial charge < -0.3 is 15.8 Å². The van der Waals surface area contributed by atoms with Gasteiger partial charge in [0, 0.05) is 23.2 Å². The van der Waals surface area contributed by atoms with Gasteiger partial charge in [-0.1, -0.05) is 11.6 Å². The van der Waals surface area contributed by atoms with E-state index in [2.05, 4.69) is 5.32 Å². The zero-order valence-corrected chi connectivity index (χ0v) is 11.7. The molecule has 1 atom stereocenters. The third-order valence-electron chi connectivity index (χ3n) is 3.11. The van der Waals surface area contributed by atoms with E-state index < -0.39 is 0 Å². The summed E-state index contributed by atoms with van der Waals surface area (Å²) in [5, 5.41) is 3.46. The molecule has 4 nitrogen and oxygen atoms in total. The van der Waals surface area contributed by atoms with Gasteiger partial charge in [0.15, 0.2) is 6.61 Å². The Morgan fingerprint density at radius 2 is 2.32 bits per heavy atom. The lowest BCUT2D eigenvalue weighted by Crippen LogP contribution is -2.30. The molecule has 1 aliphatic rings. The Labute approximate surface area is 118 Å². The second-order valence-corrected chi connectivity index (χ2v) is 5.44. The molecule has 1 fully saturated rings. The van der Waals surface area contributed by atoms with Crippen LogP contribution in [0.5, 0.6) is 5.75 Å². The largest absolute Gasteiger partial charge is 0.483 e. The Morgan fingerprint density at radius 3 is 2.95 bits per heavy atom. The smallest absolute Gasteiger partial charge is 0.257 e. The zero-order chi connectivity index (χ0) is 13.8. The Kier molecular flexibility index (Phi) is 4.66. The number of hydrogen-bond donors (Lipinski definition) is 2. The molecule has 104 valence electrons. The average molecular weight is 283 g/mol. The minimum Gasteiger partial charge on any atom is -0.483 e. The highest BCUT2D eigenvalue weighted by Gasteiger charge is 2.21. The fourth-order valence-corrected chi connectivity index (χ4v) is 1.96. The van der Waals surface area contributed by atoms with Crippen molar-refractivity contribution in [2.75, 3.05) is 13.2 Å². The van der Waals surface area contributed by atoms with E-state index in [9.17, 15) is 4.79 Å². The number of carbonyl (C=O) groups is 1. The zero-order valence-electron chi connectivity index (χ0n) is 11.0. The minimum atomic E-state index is -0.191. The van der Waals surface area contributed by atoms with Crippen molar-refractivity contribution < 1.29 is 9.53 Å². The van der Waals surface area contributed by atoms with Gasteiger partial charge in [-0.3, -0.25) is 4.79 Å². The summed E-state index contributed by atoms with van der Waals surface area (Å²) in [5.74, 6) is 1.18. The fraction of sp³-hybridized carbons (Fsp3) is 0.500. The first kappa shape index (κ1) is 14.2. The molecular formula is C14H19ClN2O2. The van der Waals surface area contributed by atoms with Crippen LogP contribution in [0.4, 0.5) is 0 Å². The van der Waals surface area contributed by atoms with E-state index in [-0.39, 0.29) is 18.6 Å². The summed E-state index contributed by atoms with van der Waals surface area (Å²) < 4.78 is 5.52. The van der Waals surface area contributed by atoms with Crippen molar-refractivity contribution in [3.05, 3.63) is 28.8 Å². The standard InChI is InChI=1S/C14H19ClN2O2/c1-9(16)12-6-11(15)4-5-13(12)19-8-14(18)17-7-10-2-3-10/h4-6,9-10H,2-3,7-8,16H2,1H3,(H,17,18)/t9-/m1/s1. The number of halogens is 1. The van der Waals surface area contributed by atoms with Crippen LogP contribution < -0.4 is 15.8 Å². The number of ether oxygens (including phenoxy) is 1. The van der Waals surface area contributed by atoms with Crippen LogP contribution in [0.25, 0.3) is 0 Å². The number of amides is 1. The molecule has 5 heteroatoms. The molecule has 19 heavy (non-hydrogen) atoms. The van der Waals surface area contributed by atoms with Gasteiger partial charge in [-0.15, -0.1) is 0 Å². The Bertz CT molecular complexity index is 459. The quantitative estimate of drug-likeness (QED) is 0.841. The molecule has 2 rings (SSSR count). The maximum atomic E-state index is 11.6. The predicted molar refractivity (Wildman–Crippen MR) is 75.3 cm³/mol. The maximum Gasteiger partial charge on any atom is 0.257 e. The number of hydrogen-bond acceptors (Lipinski definition) is 3. The Hall–Kier alpha value is -1.26. The molecule has 3 N–H and O–H groups in total. The highest BCUT2D eigenvalue weighted by atomic mass is 35.5. The normalized spacial score (nSPS) is 15.9. The molecule has 1 aromatic carbocycles. The molecule has 0 heterocycles. The molecule has 0 unspecified atom stereocenters. The number of nitrogens with two attached hydrogens (primary N) is 1. The van der Waals surface area contributed by atoms with Crippen molar-refractivity contribution in [1.82, 2.24) is 5.32 Å². The predicted octanol–water partition coefficient (Wildman–Crippen LogP) is 2.26. The lowest BCUT2D eigenvalue weighted by atomic mass is 10.1. The first-order valence-electron chi connectivity index (χ1n) is 6.51. The summed E-state index contributed by atoms with van der Waals surface area (Å²) in [5.41, 5.74) is 6.67. The molecule has 0 radical (unpaired) electrons. The summed E-state index contributed by atoms with van der Waals surface area (Å²) >= 11 is 5.92. The summed E-state index contributed by atoms with van der Waals surface area (Å²) in [6.07, 6.45) is 2.43. The molecule has 0 saturated heterocycles. The number of nitrogens with one attached hydrogen (secondary N) is 1. The molecule has 0 spiro atoms. The van der Waals surface area contributed by atoms with Gasteiger partial charge in [0.2, 0.25) is 0 Å². The second kappa shape index (κ2) is 6.26. The van der Waals surface area contributed by atoms with Gasteiger partial charge in [-0.25, -0.2) is 0 Å². The van der Waals surface area contributed by atoms with Crippen molar-refractivity contribution in [3.8, 4) is 5.75 Å². The molecule has 1 saturated carbocycles. The highest BCUT2D eigenvalue weighted by Crippen LogP contribution is 2.28. The van der Waals surface area contributed by atoms with E-state index in [0.717, 1.165) is 12.1 Å². The van der Waals surface area contributed by atoms with Crippen LogP contribution in [0.1, 0.15) is 31.4 Å². The van der Waals surface area contributed by atoms with Crippen LogP contribution in [0.15, 0.2) is 18.2 Å². The van der Waals surface area contributed by atoms with Crippen LogP contribution in [0.3, 0.4) is 0 Å². The van der Waals surface area contributed by atoms with Gasteiger partial charge >= 0.3 is 0 Å². The molecule has 0 aromatic heterocycles. The van der Waals surface area contributed by atoms with Gasteiger partial charge in [-0.2, -0.15) is 0 Å². The van der Waals surface area contributed by atoms with E-state index in [1.54, 1.807) is 18.2 Å². The van der Waals surface area contributed by atoms with Crippen molar-refractivity contribution >= 4 is 17.5 Å². The lowest BCUT2D eigenvalue weighted by molar-refractivity contribution is -0.123. The topological polar surface area (TPSA) is 64.3 Å². The molecule has 1 aliphatic carbocycles. The van der Waals surface area contributed by atoms with Crippen LogP contribution in [-0.2, 0) is 4.79 Å². The molecular weight excluding hydrogens is 264 g/mol. The number of rotatable bonds is 6. The molecule has 1 aromatic rings. The van der Waals surface area contributed by atoms with E-state index in [1.165, 1.54) is 12.8 Å². The van der Waals surface area contributed by atoms with Gasteiger partial charge in [0.1, 0.15) is 5.75 Å². The first-order valence-corrected chi connectivity index (χ1v) is 6.88. The molecule has 0 aliphatic heterocycles. The van der Waals surface area contributed by atoms with Crippen LogP contribution >= 0.6 is 11.6 Å². The summed E-state index contributed by atoms with van der Waals surface area (Å²) in [4.78, 5) is 11.6. The van der Waals surface area contributed by atoms with Crippen molar-refractivity contribution in [2.45, 2.75) is 25.8 Å². The Balaban J connectivity index is 1.88. The van der Waals surface area contributed by atoms with Gasteiger partial charge in [0.25, 0.3) is 5.91 Å². The van der Waals surface area contributed by atoms with Crippen molar-refractivity contribution in [2.24, 2.45) is 11.7 Å². The highest BCUT2D eigenvalue weighted by molar-refractivity contribution is 6.30.